The van der Waals surface area contributed by atoms with Crippen LogP contribution in [0.15, 0.2) is 35.7 Å². The molecule has 0 aliphatic rings. The fraction of sp³-hybridized carbons (Fsp3) is 0.400. The zero-order chi connectivity index (χ0) is 20.0. The molecule has 1 aromatic carbocycles. The summed E-state index contributed by atoms with van der Waals surface area (Å²) < 4.78 is 10.6. The first-order valence-electron chi connectivity index (χ1n) is 8.74. The van der Waals surface area contributed by atoms with Gasteiger partial charge in [-0.15, -0.1) is 11.3 Å². The molecule has 2 rings (SSSR count). The molecule has 6 nitrogen and oxygen atoms in total. The standard InChI is InChI=1S/C20H26N2O4S/c1-12(2)18(22-19(23)17-7-6-10-27-17)20(24)21-13(3)14-8-9-15(25-4)16(11-14)26-5/h6-13,18H,1-5H3,(H,21,24)(H,22,23). The number of carbonyl (C=O) groups excluding carboxylic acids is 2. The van der Waals surface area contributed by atoms with Gasteiger partial charge in [0.2, 0.25) is 5.91 Å². The predicted molar refractivity (Wildman–Crippen MR) is 107 cm³/mol. The summed E-state index contributed by atoms with van der Waals surface area (Å²) in [5.41, 5.74) is 0.882. The quantitative estimate of drug-likeness (QED) is 0.724. The van der Waals surface area contributed by atoms with Gasteiger partial charge in [-0.3, -0.25) is 9.59 Å². The summed E-state index contributed by atoms with van der Waals surface area (Å²) in [6.07, 6.45) is 0. The minimum Gasteiger partial charge on any atom is -0.493 e. The molecule has 0 saturated heterocycles. The number of benzene rings is 1. The molecule has 2 aromatic rings. The number of nitrogens with one attached hydrogen (secondary N) is 2. The van der Waals surface area contributed by atoms with Crippen molar-refractivity contribution < 1.29 is 19.1 Å². The Bertz CT molecular complexity index is 774. The van der Waals surface area contributed by atoms with Crippen LogP contribution in [-0.2, 0) is 4.79 Å². The van der Waals surface area contributed by atoms with Gasteiger partial charge in [-0.2, -0.15) is 0 Å². The first-order valence-corrected chi connectivity index (χ1v) is 9.62. The average Bonchev–Trinajstić information content (AvgIpc) is 3.19. The summed E-state index contributed by atoms with van der Waals surface area (Å²) in [5, 5.41) is 7.63. The van der Waals surface area contributed by atoms with Crippen LogP contribution in [0.1, 0.15) is 42.0 Å². The third-order valence-corrected chi connectivity index (χ3v) is 5.12. The normalized spacial score (nSPS) is 13.0. The van der Waals surface area contributed by atoms with Crippen molar-refractivity contribution in [3.05, 3.63) is 46.2 Å². The van der Waals surface area contributed by atoms with Crippen LogP contribution in [0.5, 0.6) is 11.5 Å². The van der Waals surface area contributed by atoms with Crippen molar-refractivity contribution in [3.8, 4) is 11.5 Å². The third kappa shape index (κ3) is 5.23. The van der Waals surface area contributed by atoms with Gasteiger partial charge in [0.25, 0.3) is 5.91 Å². The molecule has 1 aromatic heterocycles. The maximum Gasteiger partial charge on any atom is 0.262 e. The van der Waals surface area contributed by atoms with Gasteiger partial charge >= 0.3 is 0 Å². The molecule has 146 valence electrons. The number of thiophene rings is 1. The van der Waals surface area contributed by atoms with Crippen LogP contribution in [0.4, 0.5) is 0 Å². The predicted octanol–water partition coefficient (Wildman–Crippen LogP) is 3.40. The molecule has 1 heterocycles. The van der Waals surface area contributed by atoms with E-state index in [1.165, 1.54) is 11.3 Å². The molecule has 0 saturated carbocycles. The van der Waals surface area contributed by atoms with Crippen LogP contribution in [0, 0.1) is 5.92 Å². The van der Waals surface area contributed by atoms with Crippen LogP contribution < -0.4 is 20.1 Å². The summed E-state index contributed by atoms with van der Waals surface area (Å²) in [6, 6.07) is 8.18. The second kappa shape index (κ2) is 9.41. The van der Waals surface area contributed by atoms with Gasteiger partial charge in [0.05, 0.1) is 25.1 Å². The lowest BCUT2D eigenvalue weighted by Gasteiger charge is -2.24. The zero-order valence-electron chi connectivity index (χ0n) is 16.2. The Hall–Kier alpha value is -2.54. The fourth-order valence-corrected chi connectivity index (χ4v) is 3.29. The highest BCUT2D eigenvalue weighted by molar-refractivity contribution is 7.12. The van der Waals surface area contributed by atoms with Crippen molar-refractivity contribution in [1.29, 1.82) is 0 Å². The van der Waals surface area contributed by atoms with Crippen LogP contribution in [0.3, 0.4) is 0 Å². The van der Waals surface area contributed by atoms with E-state index in [1.54, 1.807) is 26.4 Å². The van der Waals surface area contributed by atoms with E-state index in [9.17, 15) is 9.59 Å². The molecule has 7 heteroatoms. The van der Waals surface area contributed by atoms with E-state index < -0.39 is 6.04 Å². The van der Waals surface area contributed by atoms with E-state index in [0.29, 0.717) is 16.4 Å². The highest BCUT2D eigenvalue weighted by Gasteiger charge is 2.26. The van der Waals surface area contributed by atoms with E-state index in [0.717, 1.165) is 5.56 Å². The van der Waals surface area contributed by atoms with Crippen LogP contribution in [-0.4, -0.2) is 32.1 Å². The molecule has 2 amide bonds. The molecule has 27 heavy (non-hydrogen) atoms. The van der Waals surface area contributed by atoms with Gasteiger partial charge in [-0.05, 0) is 42.0 Å². The number of hydrogen-bond donors (Lipinski definition) is 2. The third-order valence-electron chi connectivity index (χ3n) is 4.25. The Morgan fingerprint density at radius 1 is 1.00 bits per heavy atom. The second-order valence-electron chi connectivity index (χ2n) is 6.52. The van der Waals surface area contributed by atoms with E-state index in [1.807, 2.05) is 44.4 Å². The highest BCUT2D eigenvalue weighted by atomic mass is 32.1. The second-order valence-corrected chi connectivity index (χ2v) is 7.46. The van der Waals surface area contributed by atoms with E-state index in [4.69, 9.17) is 9.47 Å². The molecular weight excluding hydrogens is 364 g/mol. The molecule has 0 bridgehead atoms. The number of methoxy groups -OCH3 is 2. The number of amides is 2. The smallest absolute Gasteiger partial charge is 0.262 e. The molecular formula is C20H26N2O4S. The van der Waals surface area contributed by atoms with Crippen molar-refractivity contribution in [2.75, 3.05) is 14.2 Å². The lowest BCUT2D eigenvalue weighted by molar-refractivity contribution is -0.124. The molecule has 2 N–H and O–H groups in total. The maximum absolute atomic E-state index is 12.8. The Kier molecular flexibility index (Phi) is 7.24. The fourth-order valence-electron chi connectivity index (χ4n) is 2.66. The molecule has 0 aliphatic heterocycles. The number of ether oxygens (including phenoxy) is 2. The summed E-state index contributed by atoms with van der Waals surface area (Å²) in [4.78, 5) is 25.7. The lowest BCUT2D eigenvalue weighted by Crippen LogP contribution is -2.50. The van der Waals surface area contributed by atoms with Crippen LogP contribution in [0.25, 0.3) is 0 Å². The monoisotopic (exact) mass is 390 g/mol. The number of rotatable bonds is 8. The van der Waals surface area contributed by atoms with E-state index in [2.05, 4.69) is 10.6 Å². The Morgan fingerprint density at radius 2 is 1.70 bits per heavy atom. The first-order chi connectivity index (χ1) is 12.9. The van der Waals surface area contributed by atoms with Crippen molar-refractivity contribution in [2.24, 2.45) is 5.92 Å². The van der Waals surface area contributed by atoms with Crippen molar-refractivity contribution in [3.63, 3.8) is 0 Å². The van der Waals surface area contributed by atoms with Gasteiger partial charge < -0.3 is 20.1 Å². The van der Waals surface area contributed by atoms with Crippen molar-refractivity contribution in [2.45, 2.75) is 32.9 Å². The van der Waals surface area contributed by atoms with E-state index in [-0.39, 0.29) is 23.8 Å². The minimum absolute atomic E-state index is 0.0495. The van der Waals surface area contributed by atoms with Gasteiger partial charge in [0.1, 0.15) is 6.04 Å². The summed E-state index contributed by atoms with van der Waals surface area (Å²) in [5.74, 6) is 0.715. The number of carbonyl (C=O) groups is 2. The van der Waals surface area contributed by atoms with Crippen molar-refractivity contribution in [1.82, 2.24) is 10.6 Å². The zero-order valence-corrected chi connectivity index (χ0v) is 17.1. The molecule has 0 radical (unpaired) electrons. The SMILES string of the molecule is COc1ccc(C(C)NC(=O)C(NC(=O)c2cccs2)C(C)C)cc1OC. The molecule has 0 fully saturated rings. The lowest BCUT2D eigenvalue weighted by atomic mass is 10.0. The summed E-state index contributed by atoms with van der Waals surface area (Å²) in [6.45, 7) is 5.69. The van der Waals surface area contributed by atoms with Gasteiger partial charge in [-0.25, -0.2) is 0 Å². The Morgan fingerprint density at radius 3 is 2.26 bits per heavy atom. The van der Waals surface area contributed by atoms with E-state index >= 15 is 0 Å². The molecule has 2 atom stereocenters. The average molecular weight is 391 g/mol. The van der Waals surface area contributed by atoms with Gasteiger partial charge in [0.15, 0.2) is 11.5 Å². The minimum atomic E-state index is -0.623. The van der Waals surface area contributed by atoms with Gasteiger partial charge in [-0.1, -0.05) is 26.0 Å². The van der Waals surface area contributed by atoms with Crippen molar-refractivity contribution >= 4 is 23.2 Å². The number of hydrogen-bond acceptors (Lipinski definition) is 5. The highest BCUT2D eigenvalue weighted by Crippen LogP contribution is 2.30. The van der Waals surface area contributed by atoms with Gasteiger partial charge in [0, 0.05) is 0 Å². The molecule has 0 aliphatic carbocycles. The topological polar surface area (TPSA) is 76.7 Å². The summed E-state index contributed by atoms with van der Waals surface area (Å²) in [7, 11) is 3.14. The molecule has 2 unspecified atom stereocenters. The largest absolute Gasteiger partial charge is 0.493 e. The van der Waals surface area contributed by atoms with Crippen LogP contribution >= 0.6 is 11.3 Å². The first kappa shape index (κ1) is 20.8. The molecule has 0 spiro atoms. The maximum atomic E-state index is 12.8. The Balaban J connectivity index is 2.09. The summed E-state index contributed by atoms with van der Waals surface area (Å²) >= 11 is 1.35. The van der Waals surface area contributed by atoms with Crippen LogP contribution in [0.2, 0.25) is 0 Å². The Labute approximate surface area is 163 Å².